The zero-order chi connectivity index (χ0) is 14.7. The van der Waals surface area contributed by atoms with Gasteiger partial charge in [-0.1, -0.05) is 72.8 Å². The first kappa shape index (κ1) is 13.4. The van der Waals surface area contributed by atoms with Gasteiger partial charge in [0.1, 0.15) is 0 Å². The van der Waals surface area contributed by atoms with Gasteiger partial charge >= 0.3 is 0 Å². The summed E-state index contributed by atoms with van der Waals surface area (Å²) in [5.74, 6) is 0. The zero-order valence-electron chi connectivity index (χ0n) is 12.5. The maximum atomic E-state index is 2.22. The molecule has 0 radical (unpaired) electrons. The van der Waals surface area contributed by atoms with E-state index in [2.05, 4.69) is 98.0 Å². The largest absolute Gasteiger partial charge is 0.383 e. The molecule has 1 aliphatic rings. The van der Waals surface area contributed by atoms with Gasteiger partial charge in [0.15, 0.2) is 0 Å². The molecule has 3 rings (SSSR count). The highest BCUT2D eigenvalue weighted by Crippen LogP contribution is 2.39. The van der Waals surface area contributed by atoms with Crippen molar-refractivity contribution in [1.29, 1.82) is 0 Å². The Morgan fingerprint density at radius 1 is 0.667 bits per heavy atom. The van der Waals surface area contributed by atoms with Gasteiger partial charge in [-0.25, -0.2) is 0 Å². The Labute approximate surface area is 126 Å². The molecule has 104 valence electrons. The number of hydrogen-bond donors (Lipinski definition) is 0. The lowest BCUT2D eigenvalue weighted by Crippen LogP contribution is -2.04. The number of allylic oxidation sites excluding steroid dienone is 5. The molecule has 1 aliphatic carbocycles. The number of hydrogen-bond acceptors (Lipinski definition) is 1. The summed E-state index contributed by atoms with van der Waals surface area (Å²) >= 11 is 0. The molecule has 0 N–H and O–H groups in total. The lowest BCUT2D eigenvalue weighted by molar-refractivity contribution is 0.562. The fraction of sp³-hybridized carbons (Fsp3) is 0.100. The highest BCUT2D eigenvalue weighted by Gasteiger charge is 2.18. The predicted molar refractivity (Wildman–Crippen MR) is 90.6 cm³/mol. The van der Waals surface area contributed by atoms with E-state index in [0.717, 1.165) is 0 Å². The lowest BCUT2D eigenvalue weighted by Gasteiger charge is -2.15. The highest BCUT2D eigenvalue weighted by molar-refractivity contribution is 6.03. The third-order valence-corrected chi connectivity index (χ3v) is 3.55. The van der Waals surface area contributed by atoms with Crippen LogP contribution >= 0.6 is 0 Å². The molecule has 0 atom stereocenters. The van der Waals surface area contributed by atoms with Gasteiger partial charge in [-0.05, 0) is 22.3 Å². The minimum absolute atomic E-state index is 1.26. The summed E-state index contributed by atoms with van der Waals surface area (Å²) in [6.07, 6.45) is 6.63. The van der Waals surface area contributed by atoms with E-state index in [1.165, 1.54) is 27.8 Å². The van der Waals surface area contributed by atoms with Crippen LogP contribution in [0.25, 0.3) is 11.1 Å². The van der Waals surface area contributed by atoms with Crippen LogP contribution in [-0.4, -0.2) is 19.0 Å². The molecule has 21 heavy (non-hydrogen) atoms. The van der Waals surface area contributed by atoms with Crippen molar-refractivity contribution in [1.82, 2.24) is 4.90 Å². The molecule has 2 aromatic rings. The van der Waals surface area contributed by atoms with Gasteiger partial charge in [0.25, 0.3) is 0 Å². The van der Waals surface area contributed by atoms with E-state index in [1.54, 1.807) is 0 Å². The van der Waals surface area contributed by atoms with Crippen LogP contribution < -0.4 is 0 Å². The van der Waals surface area contributed by atoms with Crippen LogP contribution in [0.3, 0.4) is 0 Å². The molecule has 1 heteroatoms. The number of nitrogens with zero attached hydrogens (tertiary/aromatic N) is 1. The molecular formula is C20H19N. The van der Waals surface area contributed by atoms with Crippen LogP contribution in [0.1, 0.15) is 11.1 Å². The topological polar surface area (TPSA) is 3.24 Å². The fourth-order valence-electron chi connectivity index (χ4n) is 2.63. The molecule has 0 heterocycles. The average Bonchev–Trinajstić information content (AvgIpc) is 2.92. The Kier molecular flexibility index (Phi) is 3.74. The van der Waals surface area contributed by atoms with Crippen LogP contribution in [-0.2, 0) is 0 Å². The smallest absolute Gasteiger partial charge is 0.00712 e. The van der Waals surface area contributed by atoms with Gasteiger partial charge in [0.05, 0.1) is 0 Å². The number of rotatable bonds is 3. The van der Waals surface area contributed by atoms with Gasteiger partial charge in [0.2, 0.25) is 0 Å². The van der Waals surface area contributed by atoms with Crippen LogP contribution in [0.15, 0.2) is 84.6 Å². The predicted octanol–water partition coefficient (Wildman–Crippen LogP) is 4.61. The average molecular weight is 273 g/mol. The molecule has 1 nitrogen and oxygen atoms in total. The Bertz CT molecular complexity index is 647. The molecule has 0 aromatic heterocycles. The first-order chi connectivity index (χ1) is 10.3. The third-order valence-electron chi connectivity index (χ3n) is 3.55. The second-order valence-corrected chi connectivity index (χ2v) is 5.40. The summed E-state index contributed by atoms with van der Waals surface area (Å²) in [6, 6.07) is 21.1. The van der Waals surface area contributed by atoms with Gasteiger partial charge in [-0.3, -0.25) is 0 Å². The van der Waals surface area contributed by atoms with Gasteiger partial charge < -0.3 is 4.90 Å². The van der Waals surface area contributed by atoms with Crippen molar-refractivity contribution < 1.29 is 0 Å². The molecule has 0 unspecified atom stereocenters. The zero-order valence-corrected chi connectivity index (χ0v) is 12.5. The summed E-state index contributed by atoms with van der Waals surface area (Å²) in [4.78, 5) is 2.11. The first-order valence-electron chi connectivity index (χ1n) is 7.17. The maximum absolute atomic E-state index is 2.22. The molecule has 2 aromatic carbocycles. The fourth-order valence-corrected chi connectivity index (χ4v) is 2.63. The lowest BCUT2D eigenvalue weighted by atomic mass is 9.93. The minimum Gasteiger partial charge on any atom is -0.383 e. The summed E-state index contributed by atoms with van der Waals surface area (Å²) < 4.78 is 0. The van der Waals surface area contributed by atoms with Gasteiger partial charge in [0, 0.05) is 25.9 Å². The van der Waals surface area contributed by atoms with E-state index >= 15 is 0 Å². The molecule has 0 aliphatic heterocycles. The number of benzene rings is 2. The van der Waals surface area contributed by atoms with Crippen LogP contribution in [0.5, 0.6) is 0 Å². The molecule has 0 bridgehead atoms. The molecule has 0 amide bonds. The minimum atomic E-state index is 1.26. The highest BCUT2D eigenvalue weighted by atomic mass is 15.0. The van der Waals surface area contributed by atoms with Crippen molar-refractivity contribution in [2.75, 3.05) is 14.1 Å². The standard InChI is InChI=1S/C20H19N/c1-21(2)15-20-18(16-9-5-3-6-10-16)13-14-19(20)17-11-7-4-8-12-17/h3-15H,1-2H3. The normalized spacial score (nSPS) is 13.7. The summed E-state index contributed by atoms with van der Waals surface area (Å²) in [5.41, 5.74) is 6.35. The summed E-state index contributed by atoms with van der Waals surface area (Å²) in [6.45, 7) is 0. The van der Waals surface area contributed by atoms with Gasteiger partial charge in [-0.15, -0.1) is 0 Å². The maximum Gasteiger partial charge on any atom is 0.00712 e. The molecule has 0 saturated heterocycles. The Balaban J connectivity index is 2.03. The molecular weight excluding hydrogens is 254 g/mol. The van der Waals surface area contributed by atoms with Crippen molar-refractivity contribution in [3.8, 4) is 0 Å². The van der Waals surface area contributed by atoms with Crippen LogP contribution in [0.2, 0.25) is 0 Å². The van der Waals surface area contributed by atoms with E-state index in [4.69, 9.17) is 0 Å². The third kappa shape index (κ3) is 2.82. The Hall–Kier alpha value is -2.54. The van der Waals surface area contributed by atoms with Crippen molar-refractivity contribution in [3.63, 3.8) is 0 Å². The van der Waals surface area contributed by atoms with E-state index < -0.39 is 0 Å². The molecule has 0 spiro atoms. The van der Waals surface area contributed by atoms with Crippen molar-refractivity contribution in [3.05, 3.63) is 95.7 Å². The van der Waals surface area contributed by atoms with Crippen LogP contribution in [0.4, 0.5) is 0 Å². The van der Waals surface area contributed by atoms with Crippen molar-refractivity contribution >= 4 is 11.1 Å². The second kappa shape index (κ2) is 5.84. The Morgan fingerprint density at radius 2 is 1.10 bits per heavy atom. The first-order valence-corrected chi connectivity index (χ1v) is 7.17. The molecule has 0 fully saturated rings. The van der Waals surface area contributed by atoms with Crippen LogP contribution in [0, 0.1) is 0 Å². The quantitative estimate of drug-likeness (QED) is 0.789. The van der Waals surface area contributed by atoms with Crippen molar-refractivity contribution in [2.45, 2.75) is 0 Å². The van der Waals surface area contributed by atoms with E-state index in [9.17, 15) is 0 Å². The van der Waals surface area contributed by atoms with E-state index in [0.29, 0.717) is 0 Å². The Morgan fingerprint density at radius 3 is 1.48 bits per heavy atom. The van der Waals surface area contributed by atoms with Gasteiger partial charge in [-0.2, -0.15) is 0 Å². The van der Waals surface area contributed by atoms with E-state index in [1.807, 2.05) is 0 Å². The van der Waals surface area contributed by atoms with Crippen molar-refractivity contribution in [2.24, 2.45) is 0 Å². The van der Waals surface area contributed by atoms with E-state index in [-0.39, 0.29) is 0 Å². The second-order valence-electron chi connectivity index (χ2n) is 5.40. The summed E-state index contributed by atoms with van der Waals surface area (Å²) in [7, 11) is 4.13. The monoisotopic (exact) mass is 273 g/mol. The molecule has 0 saturated carbocycles. The summed E-state index contributed by atoms with van der Waals surface area (Å²) in [5, 5.41) is 0. The SMILES string of the molecule is CN(C)C=C1C(c2ccccc2)=CC=C1c1ccccc1.